The number of hydrogen-bond acceptors (Lipinski definition) is 1. The molecule has 0 aliphatic carbocycles. The minimum Gasteiger partial charge on any atom is -0.310 e. The quantitative estimate of drug-likeness (QED) is 0.697. The van der Waals surface area contributed by atoms with Gasteiger partial charge in [-0.2, -0.15) is 0 Å². The standard InChI is InChI=1S/C15H24FN/c1-12(2)7-4-5-10-17-13(3)14-8-6-9-15(16)11-14/h6,8-9,11-13,17H,4-5,7,10H2,1-3H3. The molecule has 0 bridgehead atoms. The maximum absolute atomic E-state index is 13.0. The van der Waals surface area contributed by atoms with E-state index in [9.17, 15) is 4.39 Å². The van der Waals surface area contributed by atoms with Crippen LogP contribution in [0.3, 0.4) is 0 Å². The molecule has 0 aliphatic heterocycles. The lowest BCUT2D eigenvalue weighted by atomic mass is 10.1. The highest BCUT2D eigenvalue weighted by Gasteiger charge is 2.04. The Kier molecular flexibility index (Phi) is 6.20. The topological polar surface area (TPSA) is 12.0 Å². The van der Waals surface area contributed by atoms with E-state index in [4.69, 9.17) is 0 Å². The summed E-state index contributed by atoms with van der Waals surface area (Å²) in [5.74, 6) is 0.631. The van der Waals surface area contributed by atoms with E-state index in [1.54, 1.807) is 12.1 Å². The van der Waals surface area contributed by atoms with E-state index in [2.05, 4.69) is 26.1 Å². The van der Waals surface area contributed by atoms with Crippen LogP contribution in [0, 0.1) is 11.7 Å². The molecule has 0 spiro atoms. The molecule has 1 atom stereocenters. The average molecular weight is 237 g/mol. The Labute approximate surface area is 104 Å². The Morgan fingerprint density at radius 2 is 1.94 bits per heavy atom. The van der Waals surface area contributed by atoms with Gasteiger partial charge in [-0.3, -0.25) is 0 Å². The van der Waals surface area contributed by atoms with Crippen LogP contribution in [0.5, 0.6) is 0 Å². The first-order valence-corrected chi connectivity index (χ1v) is 6.58. The monoisotopic (exact) mass is 237 g/mol. The Hall–Kier alpha value is -0.890. The van der Waals surface area contributed by atoms with Crippen LogP contribution in [0.2, 0.25) is 0 Å². The fourth-order valence-electron chi connectivity index (χ4n) is 1.89. The second-order valence-electron chi connectivity index (χ2n) is 5.12. The molecule has 2 heteroatoms. The SMILES string of the molecule is CC(C)CCCCNC(C)c1cccc(F)c1. The third-order valence-corrected chi connectivity index (χ3v) is 3.01. The fourth-order valence-corrected chi connectivity index (χ4v) is 1.89. The number of unbranched alkanes of at least 4 members (excludes halogenated alkanes) is 1. The van der Waals surface area contributed by atoms with E-state index in [1.807, 2.05) is 6.07 Å². The van der Waals surface area contributed by atoms with Gasteiger partial charge in [0.2, 0.25) is 0 Å². The van der Waals surface area contributed by atoms with Gasteiger partial charge in [-0.15, -0.1) is 0 Å². The maximum Gasteiger partial charge on any atom is 0.123 e. The van der Waals surface area contributed by atoms with E-state index in [0.29, 0.717) is 0 Å². The van der Waals surface area contributed by atoms with Gasteiger partial charge in [-0.25, -0.2) is 4.39 Å². The number of nitrogens with one attached hydrogen (secondary N) is 1. The predicted octanol–water partition coefficient (Wildman–Crippen LogP) is 4.30. The van der Waals surface area contributed by atoms with Crippen molar-refractivity contribution in [1.82, 2.24) is 5.32 Å². The van der Waals surface area contributed by atoms with E-state index in [-0.39, 0.29) is 11.9 Å². The predicted molar refractivity (Wildman–Crippen MR) is 71.5 cm³/mol. The minimum atomic E-state index is -0.157. The van der Waals surface area contributed by atoms with Gasteiger partial charge in [0.15, 0.2) is 0 Å². The van der Waals surface area contributed by atoms with Gasteiger partial charge in [0.05, 0.1) is 0 Å². The van der Waals surface area contributed by atoms with Crippen molar-refractivity contribution in [2.75, 3.05) is 6.54 Å². The molecule has 1 nitrogen and oxygen atoms in total. The fraction of sp³-hybridized carbons (Fsp3) is 0.600. The van der Waals surface area contributed by atoms with Crippen molar-refractivity contribution in [3.05, 3.63) is 35.6 Å². The van der Waals surface area contributed by atoms with Crippen molar-refractivity contribution in [2.45, 2.75) is 46.1 Å². The first-order chi connectivity index (χ1) is 8.09. The second-order valence-corrected chi connectivity index (χ2v) is 5.12. The van der Waals surface area contributed by atoms with Gasteiger partial charge >= 0.3 is 0 Å². The third-order valence-electron chi connectivity index (χ3n) is 3.01. The first-order valence-electron chi connectivity index (χ1n) is 6.58. The van der Waals surface area contributed by atoms with Crippen molar-refractivity contribution >= 4 is 0 Å². The lowest BCUT2D eigenvalue weighted by Gasteiger charge is -2.14. The van der Waals surface area contributed by atoms with E-state index >= 15 is 0 Å². The van der Waals surface area contributed by atoms with Gasteiger partial charge in [-0.1, -0.05) is 38.8 Å². The van der Waals surface area contributed by atoms with Gasteiger partial charge in [0, 0.05) is 6.04 Å². The van der Waals surface area contributed by atoms with Gasteiger partial charge < -0.3 is 5.32 Å². The van der Waals surface area contributed by atoms with Crippen LogP contribution in [0.15, 0.2) is 24.3 Å². The highest BCUT2D eigenvalue weighted by molar-refractivity contribution is 5.19. The molecule has 0 radical (unpaired) electrons. The molecule has 0 saturated heterocycles. The highest BCUT2D eigenvalue weighted by Crippen LogP contribution is 2.13. The minimum absolute atomic E-state index is 0.157. The zero-order valence-corrected chi connectivity index (χ0v) is 11.2. The molecule has 1 rings (SSSR count). The molecule has 1 N–H and O–H groups in total. The van der Waals surface area contributed by atoms with E-state index in [1.165, 1.54) is 25.3 Å². The summed E-state index contributed by atoms with van der Waals surface area (Å²) in [6.45, 7) is 7.59. The normalized spacial score (nSPS) is 13.0. The number of hydrogen-bond donors (Lipinski definition) is 1. The molecule has 0 amide bonds. The Morgan fingerprint density at radius 1 is 1.18 bits per heavy atom. The molecule has 0 aliphatic rings. The van der Waals surface area contributed by atoms with Crippen molar-refractivity contribution in [3.63, 3.8) is 0 Å². The summed E-state index contributed by atoms with van der Waals surface area (Å²) in [6, 6.07) is 7.05. The molecular weight excluding hydrogens is 213 g/mol. The Bertz CT molecular complexity index is 322. The summed E-state index contributed by atoms with van der Waals surface area (Å²) in [4.78, 5) is 0. The lowest BCUT2D eigenvalue weighted by molar-refractivity contribution is 0.497. The summed E-state index contributed by atoms with van der Waals surface area (Å²) in [5, 5.41) is 3.43. The summed E-state index contributed by atoms with van der Waals surface area (Å²) in [5.41, 5.74) is 1.02. The molecule has 1 unspecified atom stereocenters. The highest BCUT2D eigenvalue weighted by atomic mass is 19.1. The molecule has 96 valence electrons. The van der Waals surface area contributed by atoms with Crippen LogP contribution in [-0.2, 0) is 0 Å². The molecule has 0 saturated carbocycles. The third kappa shape index (κ3) is 5.83. The molecule has 1 aromatic carbocycles. The van der Waals surface area contributed by atoms with Crippen molar-refractivity contribution in [3.8, 4) is 0 Å². The molecule has 0 heterocycles. The van der Waals surface area contributed by atoms with Crippen molar-refractivity contribution < 1.29 is 4.39 Å². The summed E-state index contributed by atoms with van der Waals surface area (Å²) >= 11 is 0. The van der Waals surface area contributed by atoms with Crippen LogP contribution < -0.4 is 5.32 Å². The summed E-state index contributed by atoms with van der Waals surface area (Å²) in [6.07, 6.45) is 3.74. The smallest absolute Gasteiger partial charge is 0.123 e. The van der Waals surface area contributed by atoms with Crippen LogP contribution in [-0.4, -0.2) is 6.54 Å². The molecular formula is C15H24FN. The number of rotatable bonds is 7. The molecule has 1 aromatic rings. The average Bonchev–Trinajstić information content (AvgIpc) is 2.28. The van der Waals surface area contributed by atoms with Gasteiger partial charge in [0.25, 0.3) is 0 Å². The van der Waals surface area contributed by atoms with Gasteiger partial charge in [0.1, 0.15) is 5.82 Å². The maximum atomic E-state index is 13.0. The van der Waals surface area contributed by atoms with Crippen molar-refractivity contribution in [2.24, 2.45) is 5.92 Å². The number of benzene rings is 1. The van der Waals surface area contributed by atoms with Crippen LogP contribution in [0.4, 0.5) is 4.39 Å². The Balaban J connectivity index is 2.23. The van der Waals surface area contributed by atoms with Gasteiger partial charge in [-0.05, 0) is 43.5 Å². The molecule has 17 heavy (non-hydrogen) atoms. The van der Waals surface area contributed by atoms with Crippen molar-refractivity contribution in [1.29, 1.82) is 0 Å². The lowest BCUT2D eigenvalue weighted by Crippen LogP contribution is -2.20. The Morgan fingerprint density at radius 3 is 2.59 bits per heavy atom. The zero-order valence-electron chi connectivity index (χ0n) is 11.2. The van der Waals surface area contributed by atoms with E-state index in [0.717, 1.165) is 18.0 Å². The largest absolute Gasteiger partial charge is 0.310 e. The second kappa shape index (κ2) is 7.44. The molecule has 0 fully saturated rings. The van der Waals surface area contributed by atoms with Crippen LogP contribution in [0.25, 0.3) is 0 Å². The number of halogens is 1. The van der Waals surface area contributed by atoms with Crippen LogP contribution >= 0.6 is 0 Å². The van der Waals surface area contributed by atoms with E-state index < -0.39 is 0 Å². The summed E-state index contributed by atoms with van der Waals surface area (Å²) in [7, 11) is 0. The first kappa shape index (κ1) is 14.2. The zero-order chi connectivity index (χ0) is 12.7. The molecule has 0 aromatic heterocycles. The summed E-state index contributed by atoms with van der Waals surface area (Å²) < 4.78 is 13.0. The van der Waals surface area contributed by atoms with Crippen LogP contribution in [0.1, 0.15) is 51.6 Å².